The van der Waals surface area contributed by atoms with E-state index in [1.54, 1.807) is 18.4 Å². The molecule has 1 heterocycles. The highest BCUT2D eigenvalue weighted by molar-refractivity contribution is 9.10. The topological polar surface area (TPSA) is 9.23 Å². The lowest BCUT2D eigenvalue weighted by Gasteiger charge is -2.19. The van der Waals surface area contributed by atoms with Crippen LogP contribution in [0.1, 0.15) is 26.9 Å². The van der Waals surface area contributed by atoms with Gasteiger partial charge in [0, 0.05) is 14.9 Å². The van der Waals surface area contributed by atoms with E-state index in [-0.39, 0.29) is 5.38 Å². The van der Waals surface area contributed by atoms with E-state index in [0.29, 0.717) is 5.02 Å². The molecule has 0 aliphatic carbocycles. The molecule has 1 unspecified atom stereocenters. The van der Waals surface area contributed by atoms with Crippen molar-refractivity contribution in [2.75, 3.05) is 7.11 Å². The van der Waals surface area contributed by atoms with Crippen LogP contribution in [-0.4, -0.2) is 7.11 Å². The van der Waals surface area contributed by atoms with Crippen LogP contribution >= 0.6 is 50.5 Å². The summed E-state index contributed by atoms with van der Waals surface area (Å²) in [6.45, 7) is 4.03. The fourth-order valence-electron chi connectivity index (χ4n) is 2.07. The number of rotatable bonds is 3. The minimum Gasteiger partial charge on any atom is -0.496 e. The Hall–Kier alpha value is -0.220. The van der Waals surface area contributed by atoms with Crippen molar-refractivity contribution in [2.24, 2.45) is 0 Å². The van der Waals surface area contributed by atoms with E-state index in [1.807, 2.05) is 31.4 Å². The summed E-state index contributed by atoms with van der Waals surface area (Å²) >= 11 is 17.9. The Labute approximate surface area is 135 Å². The second-order valence-corrected chi connectivity index (χ2v) is 6.89. The van der Waals surface area contributed by atoms with Crippen LogP contribution < -0.4 is 4.74 Å². The number of aryl methyl sites for hydroxylation is 1. The Balaban J connectivity index is 2.64. The first kappa shape index (κ1) is 15.2. The second kappa shape index (κ2) is 6.04. The van der Waals surface area contributed by atoms with Gasteiger partial charge in [-0.3, -0.25) is 0 Å². The molecule has 2 rings (SSSR count). The van der Waals surface area contributed by atoms with Crippen LogP contribution in [0.25, 0.3) is 0 Å². The first-order valence-electron chi connectivity index (χ1n) is 5.68. The molecule has 1 atom stereocenters. The van der Waals surface area contributed by atoms with Crippen LogP contribution in [0, 0.1) is 13.8 Å². The summed E-state index contributed by atoms with van der Waals surface area (Å²) in [5, 5.41) is 2.34. The van der Waals surface area contributed by atoms with Crippen molar-refractivity contribution < 1.29 is 4.74 Å². The molecule has 1 aromatic carbocycles. The van der Waals surface area contributed by atoms with Crippen LogP contribution in [-0.2, 0) is 0 Å². The summed E-state index contributed by atoms with van der Waals surface area (Å²) in [6, 6.07) is 3.90. The van der Waals surface area contributed by atoms with Crippen molar-refractivity contribution >= 4 is 50.5 Å². The largest absolute Gasteiger partial charge is 0.496 e. The molecule has 2 aromatic rings. The number of thiophene rings is 1. The quantitative estimate of drug-likeness (QED) is 0.584. The van der Waals surface area contributed by atoms with Gasteiger partial charge < -0.3 is 4.74 Å². The number of ether oxygens (including phenoxy) is 1. The minimum absolute atomic E-state index is 0.307. The summed E-state index contributed by atoms with van der Waals surface area (Å²) in [7, 11) is 1.67. The lowest BCUT2D eigenvalue weighted by atomic mass is 10.00. The molecular weight excluding hydrogens is 367 g/mol. The van der Waals surface area contributed by atoms with Gasteiger partial charge in [0.2, 0.25) is 0 Å². The summed E-state index contributed by atoms with van der Waals surface area (Å²) in [6.07, 6.45) is 0. The van der Waals surface area contributed by atoms with Gasteiger partial charge in [-0.1, -0.05) is 27.5 Å². The van der Waals surface area contributed by atoms with E-state index in [2.05, 4.69) is 15.9 Å². The lowest BCUT2D eigenvalue weighted by molar-refractivity contribution is 0.406. The molecule has 19 heavy (non-hydrogen) atoms. The maximum atomic E-state index is 6.64. The first-order chi connectivity index (χ1) is 8.97. The summed E-state index contributed by atoms with van der Waals surface area (Å²) in [4.78, 5) is 0.947. The third-order valence-corrected chi connectivity index (χ3v) is 5.85. The average molecular weight is 380 g/mol. The first-order valence-corrected chi connectivity index (χ1v) is 8.16. The van der Waals surface area contributed by atoms with E-state index in [9.17, 15) is 0 Å². The third-order valence-electron chi connectivity index (χ3n) is 3.04. The molecule has 0 saturated heterocycles. The van der Waals surface area contributed by atoms with Gasteiger partial charge in [0.1, 0.15) is 5.75 Å². The van der Waals surface area contributed by atoms with Gasteiger partial charge in [-0.25, -0.2) is 0 Å². The summed E-state index contributed by atoms with van der Waals surface area (Å²) in [5.41, 5.74) is 3.10. The van der Waals surface area contributed by atoms with Gasteiger partial charge in [0.25, 0.3) is 0 Å². The number of benzene rings is 1. The molecule has 0 N–H and O–H groups in total. The summed E-state index contributed by atoms with van der Waals surface area (Å²) in [5.74, 6) is 0.824. The zero-order chi connectivity index (χ0) is 14.2. The molecule has 0 saturated carbocycles. The number of hydrogen-bond acceptors (Lipinski definition) is 2. The van der Waals surface area contributed by atoms with E-state index < -0.39 is 0 Å². The molecule has 0 spiro atoms. The number of methoxy groups -OCH3 is 1. The Morgan fingerprint density at radius 2 is 2.05 bits per heavy atom. The van der Waals surface area contributed by atoms with Crippen molar-refractivity contribution in [3.8, 4) is 5.75 Å². The number of hydrogen-bond donors (Lipinski definition) is 0. The van der Waals surface area contributed by atoms with Gasteiger partial charge in [-0.2, -0.15) is 0 Å². The smallest absolute Gasteiger partial charge is 0.127 e. The van der Waals surface area contributed by atoms with Crippen molar-refractivity contribution in [1.82, 2.24) is 0 Å². The second-order valence-electron chi connectivity index (χ2n) is 4.24. The highest BCUT2D eigenvalue weighted by atomic mass is 79.9. The predicted molar refractivity (Wildman–Crippen MR) is 87.2 cm³/mol. The van der Waals surface area contributed by atoms with Gasteiger partial charge in [-0.15, -0.1) is 22.9 Å². The van der Waals surface area contributed by atoms with E-state index in [4.69, 9.17) is 27.9 Å². The van der Waals surface area contributed by atoms with Crippen LogP contribution in [0.5, 0.6) is 5.75 Å². The van der Waals surface area contributed by atoms with Crippen LogP contribution in [0.2, 0.25) is 5.02 Å². The number of halogens is 3. The Morgan fingerprint density at radius 1 is 1.37 bits per heavy atom. The van der Waals surface area contributed by atoms with Crippen molar-refractivity contribution in [3.63, 3.8) is 0 Å². The molecule has 0 aliphatic rings. The molecule has 0 aliphatic heterocycles. The number of alkyl halides is 1. The van der Waals surface area contributed by atoms with Crippen molar-refractivity contribution in [1.29, 1.82) is 0 Å². The van der Waals surface area contributed by atoms with Gasteiger partial charge in [-0.05, 0) is 42.5 Å². The Kier molecular flexibility index (Phi) is 4.83. The predicted octanol–water partition coefficient (Wildman–Crippen LogP) is 6.12. The zero-order valence-electron chi connectivity index (χ0n) is 10.8. The van der Waals surface area contributed by atoms with Crippen LogP contribution in [0.3, 0.4) is 0 Å². The zero-order valence-corrected chi connectivity index (χ0v) is 14.7. The SMILES string of the molecule is COc1c(C)cc(Br)c(C)c1C(Cl)c1sccc1Cl. The fraction of sp³-hybridized carbons (Fsp3) is 0.286. The fourth-order valence-corrected chi connectivity index (χ4v) is 4.37. The Bertz CT molecular complexity index is 610. The summed E-state index contributed by atoms with van der Waals surface area (Å²) < 4.78 is 6.55. The van der Waals surface area contributed by atoms with E-state index in [1.165, 1.54) is 0 Å². The van der Waals surface area contributed by atoms with E-state index in [0.717, 1.165) is 31.8 Å². The monoisotopic (exact) mass is 378 g/mol. The maximum absolute atomic E-state index is 6.64. The van der Waals surface area contributed by atoms with Crippen LogP contribution in [0.4, 0.5) is 0 Å². The molecule has 5 heteroatoms. The molecule has 0 fully saturated rings. The maximum Gasteiger partial charge on any atom is 0.127 e. The lowest BCUT2D eigenvalue weighted by Crippen LogP contribution is -2.02. The molecule has 102 valence electrons. The highest BCUT2D eigenvalue weighted by Crippen LogP contribution is 2.45. The molecule has 1 aromatic heterocycles. The molecular formula is C14H13BrCl2OS. The average Bonchev–Trinajstić information content (AvgIpc) is 2.79. The van der Waals surface area contributed by atoms with Gasteiger partial charge in [0.05, 0.1) is 17.5 Å². The molecule has 0 radical (unpaired) electrons. The van der Waals surface area contributed by atoms with Gasteiger partial charge >= 0.3 is 0 Å². The Morgan fingerprint density at radius 3 is 2.58 bits per heavy atom. The minimum atomic E-state index is -0.307. The third kappa shape index (κ3) is 2.80. The van der Waals surface area contributed by atoms with E-state index >= 15 is 0 Å². The van der Waals surface area contributed by atoms with Crippen LogP contribution in [0.15, 0.2) is 22.0 Å². The van der Waals surface area contributed by atoms with Crippen molar-refractivity contribution in [3.05, 3.63) is 48.6 Å². The van der Waals surface area contributed by atoms with Crippen molar-refractivity contribution in [2.45, 2.75) is 19.2 Å². The normalized spacial score (nSPS) is 12.5. The standard InChI is InChI=1S/C14H13BrCl2OS/c1-7-6-9(15)8(2)11(13(7)18-3)12(17)14-10(16)4-5-19-14/h4-6,12H,1-3H3. The molecule has 0 bridgehead atoms. The molecule has 0 amide bonds. The molecule has 1 nitrogen and oxygen atoms in total. The van der Waals surface area contributed by atoms with Gasteiger partial charge in [0.15, 0.2) is 0 Å². The highest BCUT2D eigenvalue weighted by Gasteiger charge is 2.24.